The highest BCUT2D eigenvalue weighted by molar-refractivity contribution is 6.29. The van der Waals surface area contributed by atoms with Gasteiger partial charge in [-0.15, -0.1) is 0 Å². The Morgan fingerprint density at radius 1 is 1.55 bits per heavy atom. The Balaban J connectivity index is 2.25. The van der Waals surface area contributed by atoms with E-state index in [1.54, 1.807) is 6.92 Å². The number of hydrogen-bond donors (Lipinski definition) is 2. The fraction of sp³-hybridized carbons (Fsp3) is 0.538. The Kier molecular flexibility index (Phi) is 4.53. The first kappa shape index (κ1) is 16.8. The van der Waals surface area contributed by atoms with Gasteiger partial charge in [-0.1, -0.05) is 17.7 Å². The molecular formula is C13H15ClF3N3O2. The zero-order valence-electron chi connectivity index (χ0n) is 11.7. The molecule has 0 unspecified atom stereocenters. The second-order valence-electron chi connectivity index (χ2n) is 5.57. The number of alkyl halides is 3. The molecule has 1 aliphatic heterocycles. The Morgan fingerprint density at radius 3 is 2.73 bits per heavy atom. The lowest BCUT2D eigenvalue weighted by molar-refractivity contribution is -0.184. The van der Waals surface area contributed by atoms with Gasteiger partial charge in [0.15, 0.2) is 0 Å². The van der Waals surface area contributed by atoms with Gasteiger partial charge < -0.3 is 10.4 Å². The molecule has 5 nitrogen and oxygen atoms in total. The summed E-state index contributed by atoms with van der Waals surface area (Å²) in [5.41, 5.74) is -0.925. The molecule has 2 atom stereocenters. The summed E-state index contributed by atoms with van der Waals surface area (Å²) in [7, 11) is 0. The number of aromatic nitrogens is 1. The maximum absolute atomic E-state index is 13.4. The van der Waals surface area contributed by atoms with Crippen LogP contribution >= 0.6 is 11.6 Å². The molecular weight excluding hydrogens is 323 g/mol. The molecule has 0 bridgehead atoms. The molecule has 22 heavy (non-hydrogen) atoms. The summed E-state index contributed by atoms with van der Waals surface area (Å²) in [6, 6.07) is 0.753. The van der Waals surface area contributed by atoms with Crippen LogP contribution in [0.2, 0.25) is 5.15 Å². The van der Waals surface area contributed by atoms with Crippen molar-refractivity contribution in [2.75, 3.05) is 13.1 Å². The van der Waals surface area contributed by atoms with Gasteiger partial charge in [-0.25, -0.2) is 9.78 Å². The molecule has 0 spiro atoms. The smallest absolute Gasteiger partial charge is 0.408 e. The Bertz CT molecular complexity index is 552. The van der Waals surface area contributed by atoms with Gasteiger partial charge >= 0.3 is 12.3 Å². The number of carboxylic acid groups (broad SMARTS) is 1. The third-order valence-corrected chi connectivity index (χ3v) is 3.88. The van der Waals surface area contributed by atoms with Gasteiger partial charge in [-0.2, -0.15) is 13.2 Å². The van der Waals surface area contributed by atoms with Gasteiger partial charge in [0, 0.05) is 19.3 Å². The van der Waals surface area contributed by atoms with Crippen molar-refractivity contribution in [3.8, 4) is 0 Å². The fourth-order valence-electron chi connectivity index (χ4n) is 2.73. The van der Waals surface area contributed by atoms with E-state index < -0.39 is 23.9 Å². The molecule has 1 saturated heterocycles. The first-order valence-corrected chi connectivity index (χ1v) is 6.92. The second-order valence-corrected chi connectivity index (χ2v) is 5.96. The maximum atomic E-state index is 13.4. The Hall–Kier alpha value is -1.54. The number of pyridine rings is 1. The quantitative estimate of drug-likeness (QED) is 0.832. The molecule has 2 N–H and O–H groups in total. The van der Waals surface area contributed by atoms with E-state index in [4.69, 9.17) is 16.7 Å². The third kappa shape index (κ3) is 3.80. The minimum Gasteiger partial charge on any atom is -0.465 e. The van der Waals surface area contributed by atoms with Gasteiger partial charge in [0.25, 0.3) is 0 Å². The van der Waals surface area contributed by atoms with Crippen molar-refractivity contribution < 1.29 is 23.1 Å². The van der Waals surface area contributed by atoms with E-state index in [2.05, 4.69) is 10.3 Å². The molecule has 1 aromatic heterocycles. The monoisotopic (exact) mass is 337 g/mol. The van der Waals surface area contributed by atoms with Crippen molar-refractivity contribution in [2.45, 2.75) is 31.1 Å². The highest BCUT2D eigenvalue weighted by Crippen LogP contribution is 2.40. The molecule has 2 heterocycles. The van der Waals surface area contributed by atoms with Crippen LogP contribution in [-0.4, -0.2) is 45.9 Å². The van der Waals surface area contributed by atoms with Crippen molar-refractivity contribution in [1.29, 1.82) is 0 Å². The standard InChI is InChI=1S/C13H15ClF3N3O2/c1-12(19-11(21)22)4-5-20(7-12)10(13(15,16)17)8-2-3-9(14)18-6-8/h2-3,6,10,19H,4-5,7H2,1H3,(H,21,22)/t10-,12-/m0/s1. The molecule has 2 rings (SSSR count). The zero-order chi connectivity index (χ0) is 16.5. The van der Waals surface area contributed by atoms with Crippen LogP contribution in [0.1, 0.15) is 24.9 Å². The molecule has 122 valence electrons. The Labute approximate surface area is 130 Å². The van der Waals surface area contributed by atoms with Crippen LogP contribution in [0, 0.1) is 0 Å². The lowest BCUT2D eigenvalue weighted by Crippen LogP contribution is -2.48. The van der Waals surface area contributed by atoms with Crippen LogP contribution in [0.3, 0.4) is 0 Å². The van der Waals surface area contributed by atoms with Gasteiger partial charge in [0.05, 0.1) is 5.54 Å². The summed E-state index contributed by atoms with van der Waals surface area (Å²) >= 11 is 5.61. The molecule has 1 amide bonds. The topological polar surface area (TPSA) is 65.5 Å². The van der Waals surface area contributed by atoms with Crippen LogP contribution in [-0.2, 0) is 0 Å². The first-order valence-electron chi connectivity index (χ1n) is 6.54. The minimum atomic E-state index is -4.50. The summed E-state index contributed by atoms with van der Waals surface area (Å²) in [5.74, 6) is 0. The number of amides is 1. The van der Waals surface area contributed by atoms with Crippen molar-refractivity contribution >= 4 is 17.7 Å². The maximum Gasteiger partial charge on any atom is 0.408 e. The van der Waals surface area contributed by atoms with Gasteiger partial charge in [-0.05, 0) is 25.0 Å². The predicted octanol–water partition coefficient (Wildman–Crippen LogP) is 3.07. The fourth-order valence-corrected chi connectivity index (χ4v) is 2.84. The largest absolute Gasteiger partial charge is 0.465 e. The SMILES string of the molecule is C[C@]1(NC(=O)O)CCN([C@@H](c2ccc(Cl)nc2)C(F)(F)F)C1. The van der Waals surface area contributed by atoms with E-state index in [0.717, 1.165) is 6.20 Å². The number of halogens is 4. The summed E-state index contributed by atoms with van der Waals surface area (Å²) < 4.78 is 40.3. The number of likely N-dealkylation sites (tertiary alicyclic amines) is 1. The molecule has 0 aliphatic carbocycles. The molecule has 1 aliphatic rings. The lowest BCUT2D eigenvalue weighted by atomic mass is 10.0. The number of rotatable bonds is 3. The highest BCUT2D eigenvalue weighted by atomic mass is 35.5. The minimum absolute atomic E-state index is 0.0172. The van der Waals surface area contributed by atoms with Crippen molar-refractivity contribution in [1.82, 2.24) is 15.2 Å². The highest BCUT2D eigenvalue weighted by Gasteiger charge is 2.49. The van der Waals surface area contributed by atoms with Crippen molar-refractivity contribution in [3.05, 3.63) is 29.0 Å². The average molecular weight is 338 g/mol. The molecule has 0 aromatic carbocycles. The lowest BCUT2D eigenvalue weighted by Gasteiger charge is -2.31. The molecule has 1 fully saturated rings. The number of hydrogen-bond acceptors (Lipinski definition) is 3. The first-order chi connectivity index (χ1) is 10.1. The van der Waals surface area contributed by atoms with Crippen LogP contribution in [0.4, 0.5) is 18.0 Å². The average Bonchev–Trinajstić information content (AvgIpc) is 2.71. The van der Waals surface area contributed by atoms with E-state index in [9.17, 15) is 18.0 Å². The summed E-state index contributed by atoms with van der Waals surface area (Å²) in [6.45, 7) is 1.68. The summed E-state index contributed by atoms with van der Waals surface area (Å²) in [5, 5.41) is 11.2. The van der Waals surface area contributed by atoms with Gasteiger partial charge in [0.1, 0.15) is 11.2 Å². The Morgan fingerprint density at radius 2 is 2.23 bits per heavy atom. The van der Waals surface area contributed by atoms with E-state index in [1.807, 2.05) is 0 Å². The van der Waals surface area contributed by atoms with E-state index in [1.165, 1.54) is 17.0 Å². The molecule has 0 saturated carbocycles. The number of nitrogens with one attached hydrogen (secondary N) is 1. The third-order valence-electron chi connectivity index (χ3n) is 3.65. The number of carbonyl (C=O) groups is 1. The molecule has 0 radical (unpaired) electrons. The van der Waals surface area contributed by atoms with Crippen LogP contribution in [0.5, 0.6) is 0 Å². The number of nitrogens with zero attached hydrogens (tertiary/aromatic N) is 2. The van der Waals surface area contributed by atoms with E-state index in [0.29, 0.717) is 6.42 Å². The second kappa shape index (κ2) is 5.92. The van der Waals surface area contributed by atoms with Crippen LogP contribution in [0.15, 0.2) is 18.3 Å². The molecule has 1 aromatic rings. The predicted molar refractivity (Wildman–Crippen MR) is 73.8 cm³/mol. The normalized spacial score (nSPS) is 24.2. The van der Waals surface area contributed by atoms with Crippen molar-refractivity contribution in [2.24, 2.45) is 0 Å². The summed E-state index contributed by atoms with van der Waals surface area (Å²) in [4.78, 5) is 15.7. The van der Waals surface area contributed by atoms with E-state index >= 15 is 0 Å². The van der Waals surface area contributed by atoms with Gasteiger partial charge in [-0.3, -0.25) is 4.90 Å². The van der Waals surface area contributed by atoms with Crippen LogP contribution < -0.4 is 5.32 Å². The van der Waals surface area contributed by atoms with Gasteiger partial charge in [0.2, 0.25) is 0 Å². The van der Waals surface area contributed by atoms with Crippen molar-refractivity contribution in [3.63, 3.8) is 0 Å². The zero-order valence-corrected chi connectivity index (χ0v) is 12.4. The molecule has 9 heteroatoms. The van der Waals surface area contributed by atoms with E-state index in [-0.39, 0.29) is 23.8 Å². The summed E-state index contributed by atoms with van der Waals surface area (Å²) in [6.07, 6.45) is -4.35. The van der Waals surface area contributed by atoms with Crippen LogP contribution in [0.25, 0.3) is 0 Å².